The SMILES string of the molecule is Cc1ccc(Nc2nc(N)ncc2Br)cc1F. The summed E-state index contributed by atoms with van der Waals surface area (Å²) >= 11 is 3.28. The number of nitrogens with one attached hydrogen (secondary N) is 1. The summed E-state index contributed by atoms with van der Waals surface area (Å²) in [4.78, 5) is 7.82. The van der Waals surface area contributed by atoms with Gasteiger partial charge in [0, 0.05) is 11.9 Å². The predicted octanol–water partition coefficient (Wildman–Crippen LogP) is 3.01. The number of nitrogens with zero attached hydrogens (tertiary/aromatic N) is 2. The van der Waals surface area contributed by atoms with E-state index in [0.717, 1.165) is 0 Å². The zero-order valence-corrected chi connectivity index (χ0v) is 10.6. The monoisotopic (exact) mass is 296 g/mol. The highest BCUT2D eigenvalue weighted by atomic mass is 79.9. The van der Waals surface area contributed by atoms with Crippen LogP contribution in [0.5, 0.6) is 0 Å². The summed E-state index contributed by atoms with van der Waals surface area (Å²) in [6.45, 7) is 1.71. The third-order valence-electron chi connectivity index (χ3n) is 2.20. The van der Waals surface area contributed by atoms with Crippen LogP contribution >= 0.6 is 15.9 Å². The first-order valence-electron chi connectivity index (χ1n) is 4.87. The number of aromatic nitrogens is 2. The second-order valence-electron chi connectivity index (χ2n) is 3.51. The molecule has 0 fully saturated rings. The first-order valence-corrected chi connectivity index (χ1v) is 5.67. The van der Waals surface area contributed by atoms with Gasteiger partial charge in [0.2, 0.25) is 5.95 Å². The number of anilines is 3. The van der Waals surface area contributed by atoms with Crippen molar-refractivity contribution in [2.24, 2.45) is 0 Å². The molecule has 0 aliphatic carbocycles. The van der Waals surface area contributed by atoms with E-state index in [1.807, 2.05) is 0 Å². The lowest BCUT2D eigenvalue weighted by Gasteiger charge is -2.08. The minimum atomic E-state index is -0.270. The van der Waals surface area contributed by atoms with Crippen molar-refractivity contribution in [2.75, 3.05) is 11.1 Å². The molecule has 1 aromatic carbocycles. The summed E-state index contributed by atoms with van der Waals surface area (Å²) in [5.74, 6) is 0.386. The van der Waals surface area contributed by atoms with Crippen molar-refractivity contribution in [2.45, 2.75) is 6.92 Å². The lowest BCUT2D eigenvalue weighted by molar-refractivity contribution is 0.619. The molecule has 0 aliphatic heterocycles. The molecule has 0 saturated carbocycles. The van der Waals surface area contributed by atoms with Gasteiger partial charge in [0.05, 0.1) is 4.47 Å². The maximum absolute atomic E-state index is 13.4. The fourth-order valence-electron chi connectivity index (χ4n) is 1.28. The highest BCUT2D eigenvalue weighted by Crippen LogP contribution is 2.24. The molecule has 6 heteroatoms. The maximum Gasteiger partial charge on any atom is 0.222 e. The first-order chi connectivity index (χ1) is 8.06. The minimum Gasteiger partial charge on any atom is -0.368 e. The third kappa shape index (κ3) is 2.71. The molecule has 88 valence electrons. The van der Waals surface area contributed by atoms with Crippen molar-refractivity contribution < 1.29 is 4.39 Å². The van der Waals surface area contributed by atoms with Crippen molar-refractivity contribution in [3.63, 3.8) is 0 Å². The number of hydrogen-bond acceptors (Lipinski definition) is 4. The van der Waals surface area contributed by atoms with Crippen LogP contribution in [-0.4, -0.2) is 9.97 Å². The van der Waals surface area contributed by atoms with Crippen LogP contribution in [0, 0.1) is 12.7 Å². The van der Waals surface area contributed by atoms with Gasteiger partial charge in [-0.25, -0.2) is 9.37 Å². The van der Waals surface area contributed by atoms with E-state index in [2.05, 4.69) is 31.2 Å². The summed E-state index contributed by atoms with van der Waals surface area (Å²) in [6, 6.07) is 4.86. The van der Waals surface area contributed by atoms with Crippen LogP contribution in [0.3, 0.4) is 0 Å². The molecule has 4 nitrogen and oxygen atoms in total. The molecule has 0 saturated heterocycles. The average Bonchev–Trinajstić information content (AvgIpc) is 2.29. The predicted molar refractivity (Wildman–Crippen MR) is 68.6 cm³/mol. The Morgan fingerprint density at radius 2 is 2.18 bits per heavy atom. The molecule has 0 spiro atoms. The van der Waals surface area contributed by atoms with Crippen molar-refractivity contribution in [3.05, 3.63) is 40.2 Å². The largest absolute Gasteiger partial charge is 0.368 e. The van der Waals surface area contributed by atoms with Gasteiger partial charge < -0.3 is 11.1 Å². The van der Waals surface area contributed by atoms with Gasteiger partial charge in [0.1, 0.15) is 11.6 Å². The van der Waals surface area contributed by atoms with E-state index in [-0.39, 0.29) is 11.8 Å². The van der Waals surface area contributed by atoms with Gasteiger partial charge in [-0.1, -0.05) is 6.07 Å². The van der Waals surface area contributed by atoms with Gasteiger partial charge in [0.25, 0.3) is 0 Å². The van der Waals surface area contributed by atoms with E-state index < -0.39 is 0 Å². The Bertz CT molecular complexity index is 559. The Morgan fingerprint density at radius 1 is 1.41 bits per heavy atom. The van der Waals surface area contributed by atoms with Crippen LogP contribution < -0.4 is 11.1 Å². The molecule has 0 atom stereocenters. The summed E-state index contributed by atoms with van der Waals surface area (Å²) < 4.78 is 14.0. The Hall–Kier alpha value is -1.69. The van der Waals surface area contributed by atoms with Crippen molar-refractivity contribution in [1.82, 2.24) is 9.97 Å². The smallest absolute Gasteiger partial charge is 0.222 e. The molecule has 17 heavy (non-hydrogen) atoms. The molecule has 3 N–H and O–H groups in total. The topological polar surface area (TPSA) is 63.8 Å². The summed E-state index contributed by atoms with van der Waals surface area (Å²) in [7, 11) is 0. The lowest BCUT2D eigenvalue weighted by atomic mass is 10.2. The quantitative estimate of drug-likeness (QED) is 0.894. The van der Waals surface area contributed by atoms with E-state index in [0.29, 0.717) is 21.5 Å². The van der Waals surface area contributed by atoms with E-state index in [1.165, 1.54) is 12.3 Å². The first kappa shape index (κ1) is 11.8. The number of benzene rings is 1. The Labute approximate surface area is 106 Å². The fourth-order valence-corrected chi connectivity index (χ4v) is 1.57. The van der Waals surface area contributed by atoms with Crippen LogP contribution in [0.15, 0.2) is 28.9 Å². The normalized spacial score (nSPS) is 10.3. The van der Waals surface area contributed by atoms with Gasteiger partial charge in [-0.15, -0.1) is 0 Å². The standard InChI is InChI=1S/C11H10BrFN4/c1-6-2-3-7(4-9(6)13)16-10-8(12)5-15-11(14)17-10/h2-5H,1H3,(H3,14,15,16,17). The average molecular weight is 297 g/mol. The van der Waals surface area contributed by atoms with Crippen molar-refractivity contribution in [1.29, 1.82) is 0 Å². The van der Waals surface area contributed by atoms with Gasteiger partial charge in [-0.05, 0) is 40.5 Å². The van der Waals surface area contributed by atoms with Crippen molar-refractivity contribution >= 4 is 33.4 Å². The van der Waals surface area contributed by atoms with Crippen LogP contribution in [-0.2, 0) is 0 Å². The number of nitrogens with two attached hydrogens (primary N) is 1. The van der Waals surface area contributed by atoms with E-state index in [4.69, 9.17) is 5.73 Å². The summed E-state index contributed by atoms with van der Waals surface area (Å²) in [5, 5.41) is 2.96. The van der Waals surface area contributed by atoms with Gasteiger partial charge in [-0.2, -0.15) is 4.98 Å². The number of hydrogen-bond donors (Lipinski definition) is 2. The highest BCUT2D eigenvalue weighted by molar-refractivity contribution is 9.10. The number of halogens is 2. The molecule has 0 amide bonds. The number of rotatable bonds is 2. The summed E-state index contributed by atoms with van der Waals surface area (Å²) in [6.07, 6.45) is 1.54. The zero-order chi connectivity index (χ0) is 12.4. The van der Waals surface area contributed by atoms with E-state index in [9.17, 15) is 4.39 Å². The molecular formula is C11H10BrFN4. The van der Waals surface area contributed by atoms with E-state index >= 15 is 0 Å². The molecule has 0 bridgehead atoms. The minimum absolute atomic E-state index is 0.156. The molecule has 1 heterocycles. The maximum atomic E-state index is 13.4. The van der Waals surface area contributed by atoms with Gasteiger partial charge >= 0.3 is 0 Å². The summed E-state index contributed by atoms with van der Waals surface area (Å²) in [5.41, 5.74) is 6.68. The molecule has 0 aliphatic rings. The van der Waals surface area contributed by atoms with Gasteiger partial charge in [0.15, 0.2) is 0 Å². The molecule has 2 aromatic rings. The van der Waals surface area contributed by atoms with Gasteiger partial charge in [-0.3, -0.25) is 0 Å². The Balaban J connectivity index is 2.31. The second-order valence-corrected chi connectivity index (χ2v) is 4.37. The zero-order valence-electron chi connectivity index (χ0n) is 9.04. The van der Waals surface area contributed by atoms with Crippen LogP contribution in [0.4, 0.5) is 21.8 Å². The highest BCUT2D eigenvalue weighted by Gasteiger charge is 2.05. The number of aryl methyl sites for hydroxylation is 1. The van der Waals surface area contributed by atoms with Crippen molar-refractivity contribution in [3.8, 4) is 0 Å². The van der Waals surface area contributed by atoms with Crippen LogP contribution in [0.2, 0.25) is 0 Å². The second kappa shape index (κ2) is 4.67. The third-order valence-corrected chi connectivity index (χ3v) is 2.78. The molecular weight excluding hydrogens is 287 g/mol. The molecule has 2 rings (SSSR count). The fraction of sp³-hybridized carbons (Fsp3) is 0.0909. The number of nitrogen functional groups attached to an aromatic ring is 1. The Kier molecular flexibility index (Phi) is 3.23. The Morgan fingerprint density at radius 3 is 2.88 bits per heavy atom. The van der Waals surface area contributed by atoms with E-state index in [1.54, 1.807) is 19.1 Å². The molecule has 1 aromatic heterocycles. The molecule has 0 radical (unpaired) electrons. The van der Waals surface area contributed by atoms with Crippen LogP contribution in [0.1, 0.15) is 5.56 Å². The molecule has 0 unspecified atom stereocenters. The lowest BCUT2D eigenvalue weighted by Crippen LogP contribution is -2.00. The van der Waals surface area contributed by atoms with Crippen LogP contribution in [0.25, 0.3) is 0 Å².